The van der Waals surface area contributed by atoms with Gasteiger partial charge in [-0.05, 0) is 40.3 Å². The number of nitrogens with zero attached hydrogens (tertiary/aromatic N) is 2. The van der Waals surface area contributed by atoms with Crippen molar-refractivity contribution in [2.45, 2.75) is 6.54 Å². The van der Waals surface area contributed by atoms with E-state index in [1.807, 2.05) is 22.6 Å². The third-order valence-corrected chi connectivity index (χ3v) is 4.55. The molecular weight excluding hydrogens is 416 g/mol. The first-order valence-corrected chi connectivity index (χ1v) is 7.22. The fourth-order valence-electron chi connectivity index (χ4n) is 1.57. The predicted molar refractivity (Wildman–Crippen MR) is 85.3 cm³/mol. The molecule has 104 valence electrons. The number of hydrogen-bond acceptors (Lipinski definition) is 3. The highest BCUT2D eigenvalue weighted by atomic mass is 127. The van der Waals surface area contributed by atoms with Crippen LogP contribution in [-0.4, -0.2) is 15.5 Å². The van der Waals surface area contributed by atoms with Crippen LogP contribution in [-0.2, 0) is 6.54 Å². The van der Waals surface area contributed by atoms with E-state index in [1.54, 1.807) is 12.1 Å². The smallest absolute Gasteiger partial charge is 0.268 e. The fourth-order valence-corrected chi connectivity index (χ4v) is 2.38. The maximum atomic E-state index is 12.0. The van der Waals surface area contributed by atoms with Gasteiger partial charge in [-0.2, -0.15) is 0 Å². The van der Waals surface area contributed by atoms with E-state index in [4.69, 9.17) is 28.9 Å². The van der Waals surface area contributed by atoms with Gasteiger partial charge in [-0.25, -0.2) is 4.98 Å². The van der Waals surface area contributed by atoms with Crippen molar-refractivity contribution in [1.82, 2.24) is 9.55 Å². The summed E-state index contributed by atoms with van der Waals surface area (Å²) >= 11 is 13.7. The lowest BCUT2D eigenvalue weighted by Gasteiger charge is -2.09. The Balaban J connectivity index is 2.38. The van der Waals surface area contributed by atoms with Crippen LogP contribution in [0.5, 0.6) is 0 Å². The molecule has 0 spiro atoms. The Bertz CT molecular complexity index is 746. The molecule has 8 heteroatoms. The molecule has 2 rings (SSSR count). The van der Waals surface area contributed by atoms with Crippen LogP contribution >= 0.6 is 45.8 Å². The summed E-state index contributed by atoms with van der Waals surface area (Å²) in [5.41, 5.74) is 5.91. The minimum absolute atomic E-state index is 0.169. The largest absolute Gasteiger partial charge is 0.366 e. The van der Waals surface area contributed by atoms with Gasteiger partial charge in [-0.1, -0.05) is 29.3 Å². The van der Waals surface area contributed by atoms with Gasteiger partial charge in [-0.3, -0.25) is 14.2 Å². The first kappa shape index (κ1) is 15.3. The third-order valence-electron chi connectivity index (χ3n) is 2.62. The summed E-state index contributed by atoms with van der Waals surface area (Å²) in [6, 6.07) is 4.68. The molecule has 0 aliphatic carbocycles. The van der Waals surface area contributed by atoms with Gasteiger partial charge in [0.25, 0.3) is 5.56 Å². The Morgan fingerprint density at radius 3 is 2.70 bits per heavy atom. The second-order valence-corrected chi connectivity index (χ2v) is 5.80. The lowest BCUT2D eigenvalue weighted by atomic mass is 10.1. The van der Waals surface area contributed by atoms with E-state index < -0.39 is 5.91 Å². The molecule has 1 amide bonds. The molecular formula is C12H8Cl2IN3O2. The zero-order chi connectivity index (χ0) is 14.9. The highest BCUT2D eigenvalue weighted by molar-refractivity contribution is 14.1. The number of halogens is 3. The average molecular weight is 424 g/mol. The first-order valence-electron chi connectivity index (χ1n) is 5.39. The third kappa shape index (κ3) is 3.13. The van der Waals surface area contributed by atoms with Crippen molar-refractivity contribution in [2.24, 2.45) is 5.73 Å². The number of amides is 1. The molecule has 0 bridgehead atoms. The highest BCUT2D eigenvalue weighted by Crippen LogP contribution is 2.19. The molecule has 0 unspecified atom stereocenters. The van der Waals surface area contributed by atoms with Crippen LogP contribution in [0.1, 0.15) is 15.9 Å². The lowest BCUT2D eigenvalue weighted by molar-refractivity contribution is 0.100. The summed E-state index contributed by atoms with van der Waals surface area (Å²) < 4.78 is 1.73. The van der Waals surface area contributed by atoms with E-state index in [0.29, 0.717) is 19.7 Å². The number of benzene rings is 1. The molecule has 1 aromatic carbocycles. The molecule has 0 saturated carbocycles. The van der Waals surface area contributed by atoms with Crippen molar-refractivity contribution in [1.29, 1.82) is 0 Å². The predicted octanol–water partition coefficient (Wildman–Crippen LogP) is 2.30. The topological polar surface area (TPSA) is 78.0 Å². The average Bonchev–Trinajstić information content (AvgIpc) is 2.41. The van der Waals surface area contributed by atoms with E-state index in [0.717, 1.165) is 0 Å². The quantitative estimate of drug-likeness (QED) is 0.607. The number of nitrogens with two attached hydrogens (primary N) is 1. The van der Waals surface area contributed by atoms with E-state index in [9.17, 15) is 9.59 Å². The van der Waals surface area contributed by atoms with Gasteiger partial charge in [0.2, 0.25) is 5.91 Å². The van der Waals surface area contributed by atoms with Crippen molar-refractivity contribution in [3.05, 3.63) is 59.8 Å². The van der Waals surface area contributed by atoms with Crippen LogP contribution in [0, 0.1) is 3.57 Å². The second kappa shape index (κ2) is 6.11. The second-order valence-electron chi connectivity index (χ2n) is 3.95. The Morgan fingerprint density at radius 1 is 1.40 bits per heavy atom. The number of hydrogen-bond donors (Lipinski definition) is 1. The Kier molecular flexibility index (Phi) is 4.66. The molecule has 2 aromatic rings. The van der Waals surface area contributed by atoms with Crippen molar-refractivity contribution in [2.75, 3.05) is 0 Å². The molecule has 5 nitrogen and oxygen atoms in total. The Morgan fingerprint density at radius 2 is 2.10 bits per heavy atom. The van der Waals surface area contributed by atoms with Crippen LogP contribution in [0.4, 0.5) is 0 Å². The van der Waals surface area contributed by atoms with Crippen molar-refractivity contribution in [3.63, 3.8) is 0 Å². The van der Waals surface area contributed by atoms with Gasteiger partial charge in [0.15, 0.2) is 0 Å². The maximum Gasteiger partial charge on any atom is 0.268 e. The number of carbonyl (C=O) groups is 1. The zero-order valence-corrected chi connectivity index (χ0v) is 13.6. The molecule has 0 aliphatic rings. The Hall–Kier alpha value is -1.12. The standard InChI is InChI=1S/C12H8Cl2IN3O2/c13-8-3-6(11(16)19)1-2-7(8)4-18-5-17-10(14)9(15)12(18)20/h1-3,5H,4H2,(H2,16,19). The summed E-state index contributed by atoms with van der Waals surface area (Å²) in [7, 11) is 0. The molecule has 1 heterocycles. The van der Waals surface area contributed by atoms with E-state index >= 15 is 0 Å². The molecule has 0 radical (unpaired) electrons. The highest BCUT2D eigenvalue weighted by Gasteiger charge is 2.10. The summed E-state index contributed by atoms with van der Waals surface area (Å²) in [6.45, 7) is 0.233. The van der Waals surface area contributed by atoms with Gasteiger partial charge in [-0.15, -0.1) is 0 Å². The fraction of sp³-hybridized carbons (Fsp3) is 0.0833. The summed E-state index contributed by atoms with van der Waals surface area (Å²) in [5, 5.41) is 0.528. The molecule has 0 atom stereocenters. The van der Waals surface area contributed by atoms with Crippen LogP contribution in [0.3, 0.4) is 0 Å². The molecule has 0 saturated heterocycles. The molecule has 1 aromatic heterocycles. The lowest BCUT2D eigenvalue weighted by Crippen LogP contribution is -2.24. The SMILES string of the molecule is NC(=O)c1ccc(Cn2cnc(Cl)c(I)c2=O)c(Cl)c1. The van der Waals surface area contributed by atoms with E-state index in [2.05, 4.69) is 4.98 Å². The van der Waals surface area contributed by atoms with Gasteiger partial charge in [0, 0.05) is 10.6 Å². The van der Waals surface area contributed by atoms with Crippen LogP contribution in [0.15, 0.2) is 29.3 Å². The van der Waals surface area contributed by atoms with Gasteiger partial charge >= 0.3 is 0 Å². The number of rotatable bonds is 3. The monoisotopic (exact) mass is 423 g/mol. The van der Waals surface area contributed by atoms with Gasteiger partial charge in [0.1, 0.15) is 8.72 Å². The molecule has 0 fully saturated rings. The number of carbonyl (C=O) groups excluding carboxylic acids is 1. The van der Waals surface area contributed by atoms with Gasteiger partial charge in [0.05, 0.1) is 12.9 Å². The molecule has 0 aliphatic heterocycles. The van der Waals surface area contributed by atoms with E-state index in [1.165, 1.54) is 17.0 Å². The molecule has 20 heavy (non-hydrogen) atoms. The number of primary amides is 1. The minimum atomic E-state index is -0.557. The normalized spacial score (nSPS) is 10.6. The maximum absolute atomic E-state index is 12.0. The van der Waals surface area contributed by atoms with Crippen LogP contribution in [0.2, 0.25) is 10.2 Å². The summed E-state index contributed by atoms with van der Waals surface area (Å²) in [6.07, 6.45) is 1.35. The molecule has 2 N–H and O–H groups in total. The van der Waals surface area contributed by atoms with Crippen molar-refractivity contribution >= 4 is 51.7 Å². The van der Waals surface area contributed by atoms with Crippen LogP contribution < -0.4 is 11.3 Å². The number of aromatic nitrogens is 2. The zero-order valence-electron chi connectivity index (χ0n) is 9.94. The summed E-state index contributed by atoms with van der Waals surface area (Å²) in [5.74, 6) is -0.557. The van der Waals surface area contributed by atoms with Crippen molar-refractivity contribution in [3.8, 4) is 0 Å². The summed E-state index contributed by atoms with van der Waals surface area (Å²) in [4.78, 5) is 27.0. The van der Waals surface area contributed by atoms with Crippen LogP contribution in [0.25, 0.3) is 0 Å². The first-order chi connectivity index (χ1) is 9.40. The Labute approximate surface area is 137 Å². The van der Waals surface area contributed by atoms with Gasteiger partial charge < -0.3 is 5.73 Å². The van der Waals surface area contributed by atoms with E-state index in [-0.39, 0.29) is 17.3 Å². The minimum Gasteiger partial charge on any atom is -0.366 e. The van der Waals surface area contributed by atoms with Crippen molar-refractivity contribution < 1.29 is 4.79 Å².